The summed E-state index contributed by atoms with van der Waals surface area (Å²) in [5.41, 5.74) is 0.404. The number of carbonyl (C=O) groups excluding carboxylic acids is 1. The van der Waals surface area contributed by atoms with E-state index in [4.69, 9.17) is 9.47 Å². The first-order chi connectivity index (χ1) is 16.9. The zero-order valence-corrected chi connectivity index (χ0v) is 19.4. The molecule has 1 amide bonds. The molecule has 3 aromatic rings. The van der Waals surface area contributed by atoms with Crippen molar-refractivity contribution in [1.29, 1.82) is 0 Å². The molecule has 0 unspecified atom stereocenters. The first-order valence-corrected chi connectivity index (χ1v) is 11.9. The van der Waals surface area contributed by atoms with E-state index < -0.39 is 11.7 Å². The van der Waals surface area contributed by atoms with E-state index >= 15 is 0 Å². The lowest BCUT2D eigenvalue weighted by Gasteiger charge is -2.33. The minimum Gasteiger partial charge on any atom is -0.486 e. The number of hydrogen-bond donors (Lipinski definition) is 0. The Hall–Kier alpha value is -3.40. The predicted molar refractivity (Wildman–Crippen MR) is 126 cm³/mol. The highest BCUT2D eigenvalue weighted by Crippen LogP contribution is 2.43. The van der Waals surface area contributed by atoms with E-state index in [9.17, 15) is 18.0 Å². The van der Waals surface area contributed by atoms with Crippen molar-refractivity contribution in [2.24, 2.45) is 0 Å². The Morgan fingerprint density at radius 3 is 2.37 bits per heavy atom. The molecular weight excluding hydrogens is 479 g/mol. The summed E-state index contributed by atoms with van der Waals surface area (Å²) >= 11 is 1.04. The fourth-order valence-corrected chi connectivity index (χ4v) is 5.04. The van der Waals surface area contributed by atoms with Gasteiger partial charge in [0.1, 0.15) is 19.0 Å². The number of fused-ring (bicyclic) bond motifs is 1. The monoisotopic (exact) mass is 501 g/mol. The highest BCUT2D eigenvalue weighted by atomic mass is 32.2. The van der Waals surface area contributed by atoms with Crippen molar-refractivity contribution in [2.45, 2.75) is 16.0 Å². The third-order valence-electron chi connectivity index (χ3n) is 5.89. The van der Waals surface area contributed by atoms with E-state index in [2.05, 4.69) is 4.98 Å². The molecule has 1 aromatic heterocycles. The quantitative estimate of drug-likeness (QED) is 0.461. The molecule has 2 aromatic carbocycles. The molecule has 0 radical (unpaired) electrons. The lowest BCUT2D eigenvalue weighted by atomic mass is 10.0. The second-order valence-corrected chi connectivity index (χ2v) is 9.26. The number of nitrogens with zero attached hydrogens (tertiary/aromatic N) is 3. The van der Waals surface area contributed by atoms with Crippen molar-refractivity contribution < 1.29 is 27.4 Å². The maximum absolute atomic E-state index is 14.0. The van der Waals surface area contributed by atoms with E-state index in [0.717, 1.165) is 18.2 Å². The number of ether oxygens (including phenoxy) is 2. The van der Waals surface area contributed by atoms with E-state index in [-0.39, 0.29) is 4.90 Å². The molecule has 10 heteroatoms. The second kappa shape index (κ2) is 9.69. The summed E-state index contributed by atoms with van der Waals surface area (Å²) in [4.78, 5) is 19.8. The largest absolute Gasteiger partial charge is 0.486 e. The van der Waals surface area contributed by atoms with Crippen LogP contribution in [0, 0.1) is 0 Å². The van der Waals surface area contributed by atoms with Crippen LogP contribution in [0.25, 0.3) is 11.1 Å². The number of carbonyl (C=O) groups is 1. The summed E-state index contributed by atoms with van der Waals surface area (Å²) in [5, 5.41) is 0. The predicted octanol–water partition coefficient (Wildman–Crippen LogP) is 4.97. The van der Waals surface area contributed by atoms with Crippen molar-refractivity contribution in [3.05, 3.63) is 60.3 Å². The molecule has 1 saturated heterocycles. The molecule has 0 atom stereocenters. The van der Waals surface area contributed by atoms with E-state index in [1.165, 1.54) is 12.1 Å². The molecular formula is C25H22F3N3O3S. The Bertz CT molecular complexity index is 1230. The number of aromatic nitrogens is 1. The smallest absolute Gasteiger partial charge is 0.417 e. The molecule has 0 spiro atoms. The van der Waals surface area contributed by atoms with Gasteiger partial charge in [0.15, 0.2) is 11.5 Å². The molecule has 2 aliphatic rings. The molecule has 6 nitrogen and oxygen atoms in total. The number of halogens is 3. The van der Waals surface area contributed by atoms with Crippen LogP contribution >= 0.6 is 11.8 Å². The van der Waals surface area contributed by atoms with Gasteiger partial charge in [-0.15, -0.1) is 0 Å². The molecule has 0 N–H and O–H groups in total. The minimum absolute atomic E-state index is 0.109. The number of hydrogen-bond acceptors (Lipinski definition) is 6. The Balaban J connectivity index is 1.42. The van der Waals surface area contributed by atoms with Gasteiger partial charge >= 0.3 is 6.18 Å². The van der Waals surface area contributed by atoms with Gasteiger partial charge in [0.05, 0.1) is 5.56 Å². The molecule has 2 aliphatic heterocycles. The van der Waals surface area contributed by atoms with Crippen molar-refractivity contribution in [3.63, 3.8) is 0 Å². The van der Waals surface area contributed by atoms with Gasteiger partial charge in [0, 0.05) is 42.2 Å². The average molecular weight is 502 g/mol. The van der Waals surface area contributed by atoms with Crippen LogP contribution in [0.1, 0.15) is 5.56 Å². The summed E-state index contributed by atoms with van der Waals surface area (Å²) in [6.45, 7) is 3.26. The van der Waals surface area contributed by atoms with Crippen LogP contribution in [0.3, 0.4) is 0 Å². The zero-order valence-electron chi connectivity index (χ0n) is 18.6. The number of amides is 1. The van der Waals surface area contributed by atoms with Gasteiger partial charge in [-0.3, -0.25) is 4.79 Å². The first-order valence-electron chi connectivity index (χ1n) is 11.1. The number of benzene rings is 2. The normalized spacial score (nSPS) is 15.7. The van der Waals surface area contributed by atoms with Crippen LogP contribution < -0.4 is 14.4 Å². The highest BCUT2D eigenvalue weighted by Gasteiger charge is 2.34. The van der Waals surface area contributed by atoms with Crippen LogP contribution in [0.15, 0.2) is 64.5 Å². The van der Waals surface area contributed by atoms with Crippen LogP contribution in [0.2, 0.25) is 0 Å². The highest BCUT2D eigenvalue weighted by molar-refractivity contribution is 7.99. The summed E-state index contributed by atoms with van der Waals surface area (Å²) in [5.74, 6) is 1.80. The van der Waals surface area contributed by atoms with E-state index in [1.807, 2.05) is 4.90 Å². The average Bonchev–Trinajstić information content (AvgIpc) is 2.88. The lowest BCUT2D eigenvalue weighted by molar-refractivity contribution is -0.139. The van der Waals surface area contributed by atoms with Gasteiger partial charge in [-0.05, 0) is 53.6 Å². The van der Waals surface area contributed by atoms with Crippen LogP contribution in [-0.4, -0.2) is 55.7 Å². The first kappa shape index (κ1) is 23.3. The molecule has 35 heavy (non-hydrogen) atoms. The Kier molecular flexibility index (Phi) is 6.46. The summed E-state index contributed by atoms with van der Waals surface area (Å²) in [6, 6.07) is 13.0. The minimum atomic E-state index is -4.52. The number of alkyl halides is 3. The molecule has 3 heterocycles. The lowest BCUT2D eigenvalue weighted by Crippen LogP contribution is -2.46. The fraction of sp³-hybridized carbons (Fsp3) is 0.280. The third-order valence-corrected chi connectivity index (χ3v) is 6.96. The second-order valence-electron chi connectivity index (χ2n) is 8.15. The van der Waals surface area contributed by atoms with Crippen LogP contribution in [0.4, 0.5) is 19.0 Å². The van der Waals surface area contributed by atoms with Crippen molar-refractivity contribution in [2.75, 3.05) is 44.3 Å². The van der Waals surface area contributed by atoms with Gasteiger partial charge in [-0.1, -0.05) is 17.8 Å². The molecule has 5 rings (SSSR count). The molecule has 0 aliphatic carbocycles. The standard InChI is InChI=1S/C25H22F3N3O3S/c26-25(27,28)20-13-17(18-5-6-29-24(14-18)31-9-7-30(16-32)8-10-31)1-4-23(20)35-19-2-3-21-22(15-19)34-12-11-33-21/h1-6,13-16H,7-12H2. The number of anilines is 1. The zero-order chi connectivity index (χ0) is 24.4. The maximum atomic E-state index is 14.0. The SMILES string of the molecule is O=CN1CCN(c2cc(-c3ccc(Sc4ccc5c(c4)OCCO5)c(C(F)(F)F)c3)ccn2)CC1. The molecule has 0 saturated carbocycles. The number of piperazine rings is 1. The summed E-state index contributed by atoms with van der Waals surface area (Å²) in [7, 11) is 0. The van der Waals surface area contributed by atoms with Gasteiger partial charge in [0.2, 0.25) is 6.41 Å². The molecule has 1 fully saturated rings. The van der Waals surface area contributed by atoms with Gasteiger partial charge in [-0.25, -0.2) is 4.98 Å². The fourth-order valence-electron chi connectivity index (χ4n) is 4.06. The van der Waals surface area contributed by atoms with Crippen molar-refractivity contribution in [1.82, 2.24) is 9.88 Å². The van der Waals surface area contributed by atoms with Gasteiger partial charge in [0.25, 0.3) is 0 Å². The van der Waals surface area contributed by atoms with Crippen LogP contribution in [0.5, 0.6) is 11.5 Å². The van der Waals surface area contributed by atoms with Gasteiger partial charge in [-0.2, -0.15) is 13.2 Å². The topological polar surface area (TPSA) is 54.9 Å². The van der Waals surface area contributed by atoms with E-state index in [0.29, 0.717) is 72.7 Å². The number of rotatable bonds is 5. The number of pyridine rings is 1. The molecule has 182 valence electrons. The van der Waals surface area contributed by atoms with Crippen LogP contribution in [-0.2, 0) is 11.0 Å². The van der Waals surface area contributed by atoms with E-state index in [1.54, 1.807) is 47.5 Å². The van der Waals surface area contributed by atoms with Gasteiger partial charge < -0.3 is 19.3 Å². The summed E-state index contributed by atoms with van der Waals surface area (Å²) in [6.07, 6.45) is -2.10. The maximum Gasteiger partial charge on any atom is 0.417 e. The Labute approximate surface area is 204 Å². The Morgan fingerprint density at radius 2 is 1.63 bits per heavy atom. The summed E-state index contributed by atoms with van der Waals surface area (Å²) < 4.78 is 53.2. The molecule has 0 bridgehead atoms. The Morgan fingerprint density at radius 1 is 0.886 bits per heavy atom. The third kappa shape index (κ3) is 5.17. The van der Waals surface area contributed by atoms with Crippen molar-refractivity contribution >= 4 is 24.0 Å². The van der Waals surface area contributed by atoms with Crippen molar-refractivity contribution in [3.8, 4) is 22.6 Å².